The molecule has 0 aliphatic rings. The zero-order valence-corrected chi connectivity index (χ0v) is 17.7. The first-order valence-electron chi connectivity index (χ1n) is 9.08. The molecule has 0 radical (unpaired) electrons. The second-order valence-corrected chi connectivity index (χ2v) is 7.07. The van der Waals surface area contributed by atoms with E-state index in [4.69, 9.17) is 32.4 Å². The van der Waals surface area contributed by atoms with Gasteiger partial charge in [-0.15, -0.1) is 0 Å². The maximum absolute atomic E-state index is 13.2. The highest BCUT2D eigenvalue weighted by Gasteiger charge is 2.25. The number of hydrogen-bond acceptors (Lipinski definition) is 6. The number of halogens is 2. The molecule has 0 aliphatic carbocycles. The van der Waals surface area contributed by atoms with E-state index in [1.165, 1.54) is 23.1 Å². The lowest BCUT2D eigenvalue weighted by atomic mass is 10.1. The summed E-state index contributed by atoms with van der Waals surface area (Å²) in [6.45, 7) is 1.89. The average Bonchev–Trinajstić information content (AvgIpc) is 3.24. The molecule has 0 saturated heterocycles. The molecule has 3 aromatic rings. The van der Waals surface area contributed by atoms with E-state index in [0.29, 0.717) is 26.9 Å². The lowest BCUT2D eigenvalue weighted by molar-refractivity contribution is -0.402. The Hall–Kier alpha value is -3.36. The minimum Gasteiger partial charge on any atom is -0.462 e. The predicted octanol–water partition coefficient (Wildman–Crippen LogP) is 5.52. The van der Waals surface area contributed by atoms with E-state index in [0.717, 1.165) is 6.07 Å². The largest absolute Gasteiger partial charge is 0.462 e. The molecule has 10 heteroatoms. The molecule has 0 N–H and O–H groups in total. The van der Waals surface area contributed by atoms with Gasteiger partial charge >= 0.3 is 11.9 Å². The Morgan fingerprint density at radius 3 is 2.26 bits per heavy atom. The van der Waals surface area contributed by atoms with Crippen molar-refractivity contribution >= 4 is 46.6 Å². The predicted molar refractivity (Wildman–Crippen MR) is 115 cm³/mol. The molecule has 0 spiro atoms. The Kier molecular flexibility index (Phi) is 6.94. The summed E-state index contributed by atoms with van der Waals surface area (Å²) in [5, 5.41) is 11.6. The van der Waals surface area contributed by atoms with Crippen LogP contribution in [-0.2, 0) is 11.3 Å². The molecule has 1 aromatic heterocycles. The van der Waals surface area contributed by atoms with Crippen LogP contribution in [0.4, 0.5) is 11.6 Å². The molecule has 0 bridgehead atoms. The molecule has 0 fully saturated rings. The first-order valence-corrected chi connectivity index (χ1v) is 9.83. The Labute approximate surface area is 187 Å². The van der Waals surface area contributed by atoms with Crippen molar-refractivity contribution in [3.8, 4) is 0 Å². The van der Waals surface area contributed by atoms with Crippen LogP contribution >= 0.6 is 23.2 Å². The summed E-state index contributed by atoms with van der Waals surface area (Å²) in [5.41, 5.74) is 1.19. The van der Waals surface area contributed by atoms with Crippen LogP contribution in [0, 0.1) is 10.1 Å². The van der Waals surface area contributed by atoms with Crippen molar-refractivity contribution in [3.63, 3.8) is 0 Å². The average molecular weight is 463 g/mol. The van der Waals surface area contributed by atoms with E-state index < -0.39 is 22.7 Å². The van der Waals surface area contributed by atoms with E-state index >= 15 is 0 Å². The molecule has 0 atom stereocenters. The smallest absolute Gasteiger partial charge is 0.433 e. The highest BCUT2D eigenvalue weighted by atomic mass is 35.5. The standard InChI is InChI=1S/C21H16Cl2N2O6/c1-2-30-21(27)13-6-8-14(9-7-13)24(12-15-16(22)4-3-5-17(15)23)20(26)18-10-11-19(31-18)25(28)29/h3-11H,2,12H2,1H3. The first kappa shape index (κ1) is 22.3. The van der Waals surface area contributed by atoms with Crippen LogP contribution in [0.3, 0.4) is 0 Å². The van der Waals surface area contributed by atoms with E-state index in [-0.39, 0.29) is 18.9 Å². The van der Waals surface area contributed by atoms with Gasteiger partial charge in [0.05, 0.1) is 24.8 Å². The number of rotatable bonds is 7. The van der Waals surface area contributed by atoms with Crippen molar-refractivity contribution in [2.45, 2.75) is 13.5 Å². The minimum atomic E-state index is -0.736. The van der Waals surface area contributed by atoms with Crippen molar-refractivity contribution < 1.29 is 23.7 Å². The highest BCUT2D eigenvalue weighted by Crippen LogP contribution is 2.30. The number of esters is 1. The lowest BCUT2D eigenvalue weighted by Gasteiger charge is -2.23. The van der Waals surface area contributed by atoms with Crippen LogP contribution in [0.2, 0.25) is 10.0 Å². The van der Waals surface area contributed by atoms with Gasteiger partial charge in [-0.3, -0.25) is 14.9 Å². The third kappa shape index (κ3) is 5.04. The summed E-state index contributed by atoms with van der Waals surface area (Å²) in [7, 11) is 0. The van der Waals surface area contributed by atoms with Gasteiger partial charge in [0, 0.05) is 21.3 Å². The zero-order valence-electron chi connectivity index (χ0n) is 16.2. The molecule has 0 aliphatic heterocycles. The van der Waals surface area contributed by atoms with Gasteiger partial charge in [0.1, 0.15) is 4.92 Å². The minimum absolute atomic E-state index is 0.0371. The van der Waals surface area contributed by atoms with Crippen LogP contribution < -0.4 is 4.90 Å². The molecule has 0 saturated carbocycles. The summed E-state index contributed by atoms with van der Waals surface area (Å²) in [6.07, 6.45) is 0. The van der Waals surface area contributed by atoms with Crippen LogP contribution in [-0.4, -0.2) is 23.4 Å². The number of ether oxygens (including phenoxy) is 1. The van der Waals surface area contributed by atoms with E-state index in [2.05, 4.69) is 0 Å². The number of amides is 1. The van der Waals surface area contributed by atoms with Crippen LogP contribution in [0.15, 0.2) is 59.0 Å². The molecule has 160 valence electrons. The van der Waals surface area contributed by atoms with Crippen molar-refractivity contribution in [2.24, 2.45) is 0 Å². The van der Waals surface area contributed by atoms with Gasteiger partial charge in [-0.25, -0.2) is 4.79 Å². The van der Waals surface area contributed by atoms with Gasteiger partial charge in [0.25, 0.3) is 5.91 Å². The van der Waals surface area contributed by atoms with Crippen LogP contribution in [0.25, 0.3) is 0 Å². The van der Waals surface area contributed by atoms with Gasteiger partial charge in [0.15, 0.2) is 5.76 Å². The summed E-state index contributed by atoms with van der Waals surface area (Å²) in [4.78, 5) is 36.6. The quantitative estimate of drug-likeness (QED) is 0.260. The Morgan fingerprint density at radius 1 is 1.06 bits per heavy atom. The molecule has 2 aromatic carbocycles. The number of carbonyl (C=O) groups is 2. The van der Waals surface area contributed by atoms with Crippen molar-refractivity contribution in [3.05, 3.63) is 91.6 Å². The van der Waals surface area contributed by atoms with Crippen LogP contribution in [0.1, 0.15) is 33.4 Å². The molecule has 1 amide bonds. The van der Waals surface area contributed by atoms with E-state index in [1.54, 1.807) is 37.3 Å². The molecule has 31 heavy (non-hydrogen) atoms. The zero-order chi connectivity index (χ0) is 22.5. The fourth-order valence-electron chi connectivity index (χ4n) is 2.79. The Bertz CT molecular complexity index is 1110. The monoisotopic (exact) mass is 462 g/mol. The lowest BCUT2D eigenvalue weighted by Crippen LogP contribution is -2.30. The highest BCUT2D eigenvalue weighted by molar-refractivity contribution is 6.36. The third-order valence-electron chi connectivity index (χ3n) is 4.30. The summed E-state index contributed by atoms with van der Waals surface area (Å²) >= 11 is 12.5. The third-order valence-corrected chi connectivity index (χ3v) is 5.00. The number of furan rings is 1. The Balaban J connectivity index is 2.00. The molecular formula is C21H16Cl2N2O6. The van der Waals surface area contributed by atoms with Crippen molar-refractivity contribution in [1.29, 1.82) is 0 Å². The number of nitrogens with zero attached hydrogens (tertiary/aromatic N) is 2. The fraction of sp³-hybridized carbons (Fsp3) is 0.143. The van der Waals surface area contributed by atoms with Gasteiger partial charge in [-0.2, -0.15) is 0 Å². The second-order valence-electron chi connectivity index (χ2n) is 6.25. The maximum Gasteiger partial charge on any atom is 0.433 e. The number of benzene rings is 2. The van der Waals surface area contributed by atoms with Gasteiger partial charge in [-0.1, -0.05) is 29.3 Å². The summed E-state index contributed by atoms with van der Waals surface area (Å²) < 4.78 is 10.0. The molecule has 3 rings (SSSR count). The van der Waals surface area contributed by atoms with Crippen molar-refractivity contribution in [2.75, 3.05) is 11.5 Å². The van der Waals surface area contributed by atoms with Crippen molar-refractivity contribution in [1.82, 2.24) is 0 Å². The van der Waals surface area contributed by atoms with Gasteiger partial charge in [0.2, 0.25) is 0 Å². The summed E-state index contributed by atoms with van der Waals surface area (Å²) in [6, 6.07) is 13.4. The fourth-order valence-corrected chi connectivity index (χ4v) is 3.30. The Morgan fingerprint density at radius 2 is 1.71 bits per heavy atom. The number of nitro groups is 1. The first-order chi connectivity index (χ1) is 14.8. The number of hydrogen-bond donors (Lipinski definition) is 0. The normalized spacial score (nSPS) is 10.5. The molecule has 0 unspecified atom stereocenters. The summed E-state index contributed by atoms with van der Waals surface area (Å²) in [5.74, 6) is -1.93. The molecular weight excluding hydrogens is 447 g/mol. The second kappa shape index (κ2) is 9.63. The molecule has 8 nitrogen and oxygen atoms in total. The van der Waals surface area contributed by atoms with E-state index in [1.807, 2.05) is 0 Å². The van der Waals surface area contributed by atoms with Gasteiger partial charge in [-0.05, 0) is 49.4 Å². The van der Waals surface area contributed by atoms with Gasteiger partial charge < -0.3 is 14.1 Å². The number of anilines is 1. The number of carbonyl (C=O) groups excluding carboxylic acids is 2. The topological polar surface area (TPSA) is 103 Å². The van der Waals surface area contributed by atoms with Crippen LogP contribution in [0.5, 0.6) is 0 Å². The van der Waals surface area contributed by atoms with E-state index in [9.17, 15) is 19.7 Å². The SMILES string of the molecule is CCOC(=O)c1ccc(N(Cc2c(Cl)cccc2Cl)C(=O)c2ccc([N+](=O)[O-])o2)cc1. The molecule has 1 heterocycles. The maximum atomic E-state index is 13.2.